The van der Waals surface area contributed by atoms with Crippen LogP contribution >= 0.6 is 0 Å². The molecule has 3 rings (SSSR count). The minimum Gasteiger partial charge on any atom is -0.368 e. The summed E-state index contributed by atoms with van der Waals surface area (Å²) in [5.74, 6) is 0.309. The normalized spacial score (nSPS) is 15.0. The van der Waals surface area contributed by atoms with Gasteiger partial charge in [0.05, 0.1) is 12.4 Å². The molecule has 1 aliphatic rings. The van der Waals surface area contributed by atoms with Crippen molar-refractivity contribution in [3.63, 3.8) is 0 Å². The Balaban J connectivity index is 2.07. The predicted octanol–water partition coefficient (Wildman–Crippen LogP) is 1.55. The van der Waals surface area contributed by atoms with Crippen LogP contribution in [0.5, 0.6) is 0 Å². The molecule has 0 amide bonds. The van der Waals surface area contributed by atoms with Gasteiger partial charge in [-0.15, -0.1) is 0 Å². The highest BCUT2D eigenvalue weighted by atomic mass is 19.1. The Morgan fingerprint density at radius 2 is 2.22 bits per heavy atom. The molecule has 18 heavy (non-hydrogen) atoms. The van der Waals surface area contributed by atoms with Crippen molar-refractivity contribution in [3.8, 4) is 11.3 Å². The first kappa shape index (κ1) is 11.1. The second kappa shape index (κ2) is 4.04. The largest absolute Gasteiger partial charge is 0.368 e. The van der Waals surface area contributed by atoms with Gasteiger partial charge in [-0.05, 0) is 25.2 Å². The Hall–Kier alpha value is -1.98. The standard InChI is InChI=1S/C12H14FN5/c1-18-10(4-7-2-3-7)8(5-16-18)11-9(13)6-15-12(14)17-11/h5-7H,2-4H2,1H3,(H2,14,15,17). The van der Waals surface area contributed by atoms with Crippen LogP contribution in [0.4, 0.5) is 10.3 Å². The molecule has 0 atom stereocenters. The highest BCUT2D eigenvalue weighted by Crippen LogP contribution is 2.35. The highest BCUT2D eigenvalue weighted by Gasteiger charge is 2.26. The molecule has 0 aliphatic heterocycles. The van der Waals surface area contributed by atoms with Crippen molar-refractivity contribution in [2.45, 2.75) is 19.3 Å². The van der Waals surface area contributed by atoms with Gasteiger partial charge in [0.2, 0.25) is 5.95 Å². The third-order valence-electron chi connectivity index (χ3n) is 3.26. The predicted molar refractivity (Wildman–Crippen MR) is 65.0 cm³/mol. The van der Waals surface area contributed by atoms with Crippen molar-refractivity contribution >= 4 is 5.95 Å². The lowest BCUT2D eigenvalue weighted by Gasteiger charge is -2.06. The maximum absolute atomic E-state index is 13.8. The van der Waals surface area contributed by atoms with E-state index in [1.54, 1.807) is 10.9 Å². The van der Waals surface area contributed by atoms with Gasteiger partial charge in [0.25, 0.3) is 0 Å². The second-order valence-electron chi connectivity index (χ2n) is 4.70. The van der Waals surface area contributed by atoms with Crippen molar-refractivity contribution < 1.29 is 4.39 Å². The first-order valence-corrected chi connectivity index (χ1v) is 5.94. The van der Waals surface area contributed by atoms with Crippen LogP contribution in [0.25, 0.3) is 11.3 Å². The Labute approximate surface area is 104 Å². The maximum atomic E-state index is 13.8. The summed E-state index contributed by atoms with van der Waals surface area (Å²) >= 11 is 0. The molecule has 2 heterocycles. The zero-order valence-corrected chi connectivity index (χ0v) is 10.1. The number of halogens is 1. The lowest BCUT2D eigenvalue weighted by molar-refractivity contribution is 0.618. The summed E-state index contributed by atoms with van der Waals surface area (Å²) in [5, 5.41) is 4.19. The monoisotopic (exact) mass is 247 g/mol. The number of nitrogens with zero attached hydrogens (tertiary/aromatic N) is 4. The molecule has 2 aromatic heterocycles. The van der Waals surface area contributed by atoms with Crippen LogP contribution in [0.15, 0.2) is 12.4 Å². The second-order valence-corrected chi connectivity index (χ2v) is 4.70. The molecule has 0 saturated heterocycles. The van der Waals surface area contributed by atoms with Crippen molar-refractivity contribution in [2.75, 3.05) is 5.73 Å². The number of nitrogens with two attached hydrogens (primary N) is 1. The van der Waals surface area contributed by atoms with Crippen molar-refractivity contribution in [1.29, 1.82) is 0 Å². The van der Waals surface area contributed by atoms with E-state index in [2.05, 4.69) is 15.1 Å². The summed E-state index contributed by atoms with van der Waals surface area (Å²) in [7, 11) is 1.86. The number of nitrogen functional groups attached to an aromatic ring is 1. The molecular weight excluding hydrogens is 233 g/mol. The Bertz CT molecular complexity index is 588. The van der Waals surface area contributed by atoms with Gasteiger partial charge < -0.3 is 5.73 Å². The van der Waals surface area contributed by atoms with Crippen LogP contribution in [0, 0.1) is 11.7 Å². The number of aryl methyl sites for hydroxylation is 1. The van der Waals surface area contributed by atoms with E-state index >= 15 is 0 Å². The van der Waals surface area contributed by atoms with Gasteiger partial charge in [0, 0.05) is 18.3 Å². The summed E-state index contributed by atoms with van der Waals surface area (Å²) < 4.78 is 15.6. The van der Waals surface area contributed by atoms with Crippen LogP contribution in [0.2, 0.25) is 0 Å². The van der Waals surface area contributed by atoms with E-state index in [1.807, 2.05) is 7.05 Å². The van der Waals surface area contributed by atoms with Crippen LogP contribution in [0.1, 0.15) is 18.5 Å². The lowest BCUT2D eigenvalue weighted by Crippen LogP contribution is -2.03. The van der Waals surface area contributed by atoms with Crippen LogP contribution < -0.4 is 5.73 Å². The van der Waals surface area contributed by atoms with Crippen LogP contribution in [-0.2, 0) is 13.5 Å². The van der Waals surface area contributed by atoms with Crippen LogP contribution in [0.3, 0.4) is 0 Å². The number of rotatable bonds is 3. The molecule has 0 spiro atoms. The SMILES string of the molecule is Cn1ncc(-c2nc(N)ncc2F)c1CC1CC1. The summed E-state index contributed by atoms with van der Waals surface area (Å²) in [5.41, 5.74) is 7.49. The first-order chi connectivity index (χ1) is 8.65. The van der Waals surface area contributed by atoms with Gasteiger partial charge >= 0.3 is 0 Å². The summed E-state index contributed by atoms with van der Waals surface area (Å²) in [4.78, 5) is 7.62. The van der Waals surface area contributed by atoms with E-state index in [9.17, 15) is 4.39 Å². The van der Waals surface area contributed by atoms with Crippen molar-refractivity contribution in [3.05, 3.63) is 23.9 Å². The van der Waals surface area contributed by atoms with E-state index < -0.39 is 5.82 Å². The van der Waals surface area contributed by atoms with Gasteiger partial charge in [0.15, 0.2) is 5.82 Å². The Morgan fingerprint density at radius 1 is 1.44 bits per heavy atom. The minimum absolute atomic E-state index is 0.0765. The zero-order chi connectivity index (χ0) is 12.7. The molecule has 6 heteroatoms. The molecule has 0 unspecified atom stereocenters. The molecule has 1 aliphatic carbocycles. The van der Waals surface area contributed by atoms with Crippen molar-refractivity contribution in [2.24, 2.45) is 13.0 Å². The number of hydrogen-bond acceptors (Lipinski definition) is 4. The van der Waals surface area contributed by atoms with Crippen molar-refractivity contribution in [1.82, 2.24) is 19.7 Å². The molecule has 0 radical (unpaired) electrons. The fourth-order valence-electron chi connectivity index (χ4n) is 2.07. The van der Waals surface area contributed by atoms with E-state index in [1.165, 1.54) is 12.8 Å². The molecular formula is C12H14FN5. The molecule has 5 nitrogen and oxygen atoms in total. The highest BCUT2D eigenvalue weighted by molar-refractivity contribution is 5.62. The van der Waals surface area contributed by atoms with Gasteiger partial charge in [0.1, 0.15) is 5.69 Å². The summed E-state index contributed by atoms with van der Waals surface area (Å²) in [6, 6.07) is 0. The van der Waals surface area contributed by atoms with E-state index in [0.717, 1.165) is 23.9 Å². The van der Waals surface area contributed by atoms with E-state index in [0.29, 0.717) is 5.92 Å². The van der Waals surface area contributed by atoms with Gasteiger partial charge in [-0.3, -0.25) is 4.68 Å². The first-order valence-electron chi connectivity index (χ1n) is 5.94. The molecule has 0 bridgehead atoms. The minimum atomic E-state index is -0.464. The molecule has 1 fully saturated rings. The molecule has 1 saturated carbocycles. The topological polar surface area (TPSA) is 69.6 Å². The fourth-order valence-corrected chi connectivity index (χ4v) is 2.07. The number of aromatic nitrogens is 4. The fraction of sp³-hybridized carbons (Fsp3) is 0.417. The van der Waals surface area contributed by atoms with Gasteiger partial charge in [-0.1, -0.05) is 0 Å². The lowest BCUT2D eigenvalue weighted by atomic mass is 10.1. The summed E-state index contributed by atoms with van der Waals surface area (Å²) in [6.45, 7) is 0. The molecule has 2 N–H and O–H groups in total. The number of anilines is 1. The van der Waals surface area contributed by atoms with Gasteiger partial charge in [-0.25, -0.2) is 14.4 Å². The third-order valence-corrected chi connectivity index (χ3v) is 3.26. The molecule has 0 aromatic carbocycles. The smallest absolute Gasteiger partial charge is 0.220 e. The maximum Gasteiger partial charge on any atom is 0.220 e. The van der Waals surface area contributed by atoms with E-state index in [-0.39, 0.29) is 11.6 Å². The Morgan fingerprint density at radius 3 is 2.94 bits per heavy atom. The Kier molecular flexibility index (Phi) is 2.50. The molecule has 2 aromatic rings. The van der Waals surface area contributed by atoms with Gasteiger partial charge in [-0.2, -0.15) is 5.10 Å². The third kappa shape index (κ3) is 1.94. The summed E-state index contributed by atoms with van der Waals surface area (Å²) in [6.07, 6.45) is 6.13. The zero-order valence-electron chi connectivity index (χ0n) is 10.1. The average molecular weight is 247 g/mol. The average Bonchev–Trinajstić information content (AvgIpc) is 3.09. The molecule has 94 valence electrons. The van der Waals surface area contributed by atoms with E-state index in [4.69, 9.17) is 5.73 Å². The quantitative estimate of drug-likeness (QED) is 0.893. The van der Waals surface area contributed by atoms with Crippen LogP contribution in [-0.4, -0.2) is 19.7 Å². The number of hydrogen-bond donors (Lipinski definition) is 1.